The Labute approximate surface area is 113 Å². The summed E-state index contributed by atoms with van der Waals surface area (Å²) in [6, 6.07) is 0. The van der Waals surface area contributed by atoms with Gasteiger partial charge in [-0.3, -0.25) is 4.79 Å². The number of aryl methyl sites for hydroxylation is 1. The van der Waals surface area contributed by atoms with E-state index in [4.69, 9.17) is 4.74 Å². The lowest BCUT2D eigenvalue weighted by Gasteiger charge is -2.08. The van der Waals surface area contributed by atoms with E-state index in [0.29, 0.717) is 5.92 Å². The molecule has 0 saturated heterocycles. The zero-order valence-electron chi connectivity index (χ0n) is 11.6. The van der Waals surface area contributed by atoms with Gasteiger partial charge < -0.3 is 10.1 Å². The van der Waals surface area contributed by atoms with Crippen LogP contribution in [0.3, 0.4) is 0 Å². The van der Waals surface area contributed by atoms with Gasteiger partial charge in [0.2, 0.25) is 0 Å². The molecular weight excluding hydrogens is 248 g/mol. The number of carbonyl (C=O) groups excluding carboxylic acids is 1. The minimum atomic E-state index is 0.0693. The Morgan fingerprint density at radius 1 is 1.50 bits per heavy atom. The predicted octanol–water partition coefficient (Wildman–Crippen LogP) is 3.13. The molecule has 0 saturated carbocycles. The van der Waals surface area contributed by atoms with Crippen LogP contribution in [0.2, 0.25) is 0 Å². The fourth-order valence-electron chi connectivity index (χ4n) is 1.60. The third-order valence-electron chi connectivity index (χ3n) is 2.42. The molecular formula is C13H22N2O2S. The van der Waals surface area contributed by atoms with E-state index in [1.165, 1.54) is 11.5 Å². The molecule has 0 fully saturated rings. The zero-order valence-corrected chi connectivity index (χ0v) is 12.4. The van der Waals surface area contributed by atoms with Crippen molar-refractivity contribution in [2.24, 2.45) is 5.92 Å². The first kappa shape index (κ1) is 15.1. The van der Waals surface area contributed by atoms with Gasteiger partial charge in [-0.15, -0.1) is 0 Å². The van der Waals surface area contributed by atoms with Gasteiger partial charge in [0.15, 0.2) is 5.78 Å². The molecule has 102 valence electrons. The minimum Gasteiger partial charge on any atom is -0.381 e. The van der Waals surface area contributed by atoms with Crippen LogP contribution in [-0.4, -0.2) is 29.9 Å². The normalized spacial score (nSPS) is 10.9. The average Bonchev–Trinajstić information content (AvgIpc) is 2.64. The summed E-state index contributed by atoms with van der Waals surface area (Å²) in [4.78, 5) is 11.5. The van der Waals surface area contributed by atoms with Gasteiger partial charge in [-0.05, 0) is 37.7 Å². The third-order valence-corrected chi connectivity index (χ3v) is 3.31. The molecule has 0 bridgehead atoms. The van der Waals surface area contributed by atoms with E-state index in [0.717, 1.165) is 42.4 Å². The number of nitrogens with one attached hydrogen (secondary N) is 1. The van der Waals surface area contributed by atoms with Crippen LogP contribution >= 0.6 is 11.5 Å². The zero-order chi connectivity index (χ0) is 13.5. The number of ketones is 1. The van der Waals surface area contributed by atoms with E-state index in [-0.39, 0.29) is 5.78 Å². The number of carbonyl (C=O) groups is 1. The molecule has 1 heterocycles. The minimum absolute atomic E-state index is 0.0693. The van der Waals surface area contributed by atoms with Crippen LogP contribution in [0, 0.1) is 12.8 Å². The number of aromatic nitrogens is 1. The van der Waals surface area contributed by atoms with Crippen molar-refractivity contribution in [1.82, 2.24) is 4.37 Å². The van der Waals surface area contributed by atoms with E-state index in [9.17, 15) is 4.79 Å². The molecule has 0 aliphatic rings. The van der Waals surface area contributed by atoms with Crippen molar-refractivity contribution in [3.8, 4) is 0 Å². The monoisotopic (exact) mass is 270 g/mol. The second-order valence-electron chi connectivity index (χ2n) is 4.78. The highest BCUT2D eigenvalue weighted by Gasteiger charge is 2.13. The first-order valence-electron chi connectivity index (χ1n) is 6.31. The van der Waals surface area contributed by atoms with E-state index < -0.39 is 0 Å². The van der Waals surface area contributed by atoms with Gasteiger partial charge in [-0.1, -0.05) is 13.8 Å². The summed E-state index contributed by atoms with van der Waals surface area (Å²) in [5.41, 5.74) is 1.54. The molecule has 1 N–H and O–H groups in total. The van der Waals surface area contributed by atoms with E-state index in [1.54, 1.807) is 6.92 Å². The molecule has 0 radical (unpaired) electrons. The van der Waals surface area contributed by atoms with Crippen LogP contribution in [0.25, 0.3) is 0 Å². The molecule has 0 atom stereocenters. The lowest BCUT2D eigenvalue weighted by atomic mass is 10.2. The average molecular weight is 270 g/mol. The summed E-state index contributed by atoms with van der Waals surface area (Å²) >= 11 is 1.35. The largest absolute Gasteiger partial charge is 0.381 e. The molecule has 0 aliphatic carbocycles. The molecule has 18 heavy (non-hydrogen) atoms. The van der Waals surface area contributed by atoms with Crippen LogP contribution in [0.1, 0.15) is 43.2 Å². The number of ether oxygens (including phenoxy) is 1. The lowest BCUT2D eigenvalue weighted by Crippen LogP contribution is -2.09. The Balaban J connectivity index is 2.29. The SMILES string of the molecule is CC(=O)c1c(C)nsc1NCCCOCC(C)C. The lowest BCUT2D eigenvalue weighted by molar-refractivity contribution is 0.101. The maximum atomic E-state index is 11.5. The van der Waals surface area contributed by atoms with Crippen LogP contribution in [-0.2, 0) is 4.74 Å². The second kappa shape index (κ2) is 7.48. The first-order valence-corrected chi connectivity index (χ1v) is 7.08. The van der Waals surface area contributed by atoms with Crippen molar-refractivity contribution in [3.05, 3.63) is 11.3 Å². The molecule has 0 amide bonds. The number of nitrogens with zero attached hydrogens (tertiary/aromatic N) is 1. The van der Waals surface area contributed by atoms with E-state index >= 15 is 0 Å². The van der Waals surface area contributed by atoms with Crippen molar-refractivity contribution in [1.29, 1.82) is 0 Å². The summed E-state index contributed by atoms with van der Waals surface area (Å²) in [5, 5.41) is 4.14. The summed E-state index contributed by atoms with van der Waals surface area (Å²) in [6.45, 7) is 10.1. The van der Waals surface area contributed by atoms with Gasteiger partial charge in [0.05, 0.1) is 11.3 Å². The van der Waals surface area contributed by atoms with Gasteiger partial charge in [0, 0.05) is 19.8 Å². The number of Topliss-reactive ketones (excluding diaryl/α,β-unsaturated/α-hetero) is 1. The Morgan fingerprint density at radius 3 is 2.83 bits per heavy atom. The van der Waals surface area contributed by atoms with Gasteiger partial charge in [0.25, 0.3) is 0 Å². The topological polar surface area (TPSA) is 51.2 Å². The standard InChI is InChI=1S/C13H22N2O2S/c1-9(2)8-17-7-5-6-14-13-12(11(4)16)10(3)15-18-13/h9,14H,5-8H2,1-4H3. The summed E-state index contributed by atoms with van der Waals surface area (Å²) in [7, 11) is 0. The van der Waals surface area contributed by atoms with Crippen LogP contribution in [0.15, 0.2) is 0 Å². The Morgan fingerprint density at radius 2 is 2.22 bits per heavy atom. The van der Waals surface area contributed by atoms with Gasteiger partial charge >= 0.3 is 0 Å². The first-order chi connectivity index (χ1) is 8.52. The second-order valence-corrected chi connectivity index (χ2v) is 5.55. The quantitative estimate of drug-likeness (QED) is 0.582. The molecule has 0 aromatic carbocycles. The van der Waals surface area contributed by atoms with Gasteiger partial charge in [0.1, 0.15) is 5.00 Å². The number of hydrogen-bond acceptors (Lipinski definition) is 5. The molecule has 0 spiro atoms. The molecule has 1 aromatic heterocycles. The van der Waals surface area contributed by atoms with Crippen LogP contribution in [0.5, 0.6) is 0 Å². The van der Waals surface area contributed by atoms with Crippen molar-refractivity contribution >= 4 is 22.3 Å². The molecule has 4 nitrogen and oxygen atoms in total. The third kappa shape index (κ3) is 4.74. The molecule has 1 aromatic rings. The highest BCUT2D eigenvalue weighted by atomic mass is 32.1. The highest BCUT2D eigenvalue weighted by Crippen LogP contribution is 2.24. The van der Waals surface area contributed by atoms with Crippen LogP contribution in [0.4, 0.5) is 5.00 Å². The molecule has 1 rings (SSSR count). The highest BCUT2D eigenvalue weighted by molar-refractivity contribution is 7.10. The van der Waals surface area contributed by atoms with Gasteiger partial charge in [-0.2, -0.15) is 4.37 Å². The molecule has 5 heteroatoms. The number of hydrogen-bond donors (Lipinski definition) is 1. The molecule has 0 unspecified atom stereocenters. The summed E-state index contributed by atoms with van der Waals surface area (Å²) in [6.07, 6.45) is 0.932. The predicted molar refractivity (Wildman–Crippen MR) is 75.6 cm³/mol. The van der Waals surface area contributed by atoms with Gasteiger partial charge in [-0.25, -0.2) is 0 Å². The van der Waals surface area contributed by atoms with E-state index in [1.807, 2.05) is 6.92 Å². The summed E-state index contributed by atoms with van der Waals surface area (Å²) in [5.74, 6) is 0.645. The smallest absolute Gasteiger partial charge is 0.164 e. The fraction of sp³-hybridized carbons (Fsp3) is 0.692. The maximum absolute atomic E-state index is 11.5. The Bertz CT molecular complexity index is 388. The number of anilines is 1. The Hall–Kier alpha value is -0.940. The van der Waals surface area contributed by atoms with Crippen molar-refractivity contribution in [2.45, 2.75) is 34.1 Å². The van der Waals surface area contributed by atoms with Crippen molar-refractivity contribution < 1.29 is 9.53 Å². The maximum Gasteiger partial charge on any atom is 0.164 e. The summed E-state index contributed by atoms with van der Waals surface area (Å²) < 4.78 is 9.70. The molecule has 0 aliphatic heterocycles. The van der Waals surface area contributed by atoms with E-state index in [2.05, 4.69) is 23.5 Å². The van der Waals surface area contributed by atoms with Crippen LogP contribution < -0.4 is 5.32 Å². The fourth-order valence-corrected chi connectivity index (χ4v) is 2.47. The Kier molecular flexibility index (Phi) is 6.29. The van der Waals surface area contributed by atoms with Crippen molar-refractivity contribution in [3.63, 3.8) is 0 Å². The number of rotatable bonds is 8. The van der Waals surface area contributed by atoms with Crippen molar-refractivity contribution in [2.75, 3.05) is 25.1 Å².